The van der Waals surface area contributed by atoms with Crippen LogP contribution in [0.3, 0.4) is 0 Å². The first-order chi connectivity index (χ1) is 12.1. The molecule has 25 heavy (non-hydrogen) atoms. The fraction of sp³-hybridized carbons (Fsp3) is 0.333. The molecule has 0 atom stereocenters. The average molecular weight is 336 g/mol. The molecule has 4 heteroatoms. The Morgan fingerprint density at radius 2 is 1.44 bits per heavy atom. The van der Waals surface area contributed by atoms with Crippen LogP contribution in [0, 0.1) is 13.8 Å². The van der Waals surface area contributed by atoms with Crippen LogP contribution < -0.4 is 0 Å². The van der Waals surface area contributed by atoms with Gasteiger partial charge in [-0.1, -0.05) is 35.9 Å². The van der Waals surface area contributed by atoms with Gasteiger partial charge in [-0.2, -0.15) is 0 Å². The molecule has 3 rings (SSSR count). The van der Waals surface area contributed by atoms with Gasteiger partial charge in [0.2, 0.25) is 0 Å². The fourth-order valence-electron chi connectivity index (χ4n) is 3.31. The zero-order valence-electron chi connectivity index (χ0n) is 14.9. The minimum atomic E-state index is 0.0430. The molecule has 0 saturated carbocycles. The van der Waals surface area contributed by atoms with E-state index in [1.165, 1.54) is 0 Å². The number of aryl methyl sites for hydroxylation is 2. The van der Waals surface area contributed by atoms with Crippen molar-refractivity contribution in [2.45, 2.75) is 20.3 Å². The van der Waals surface area contributed by atoms with Crippen molar-refractivity contribution in [2.24, 2.45) is 0 Å². The lowest BCUT2D eigenvalue weighted by Crippen LogP contribution is -2.37. The molecule has 0 radical (unpaired) electrons. The van der Waals surface area contributed by atoms with Crippen molar-refractivity contribution in [1.29, 1.82) is 0 Å². The Morgan fingerprint density at radius 3 is 2.08 bits per heavy atom. The molecule has 0 bridgehead atoms. The molecule has 1 aliphatic heterocycles. The summed E-state index contributed by atoms with van der Waals surface area (Å²) in [6.45, 7) is 6.52. The standard InChI is InChI=1S/C21H24N2O2/c1-16-9-10-19(17(2)15-16)21(25)23-12-6-11-22(13-14-23)20(24)18-7-4-3-5-8-18/h3-5,7-10,15H,6,11-14H2,1-2H3. The van der Waals surface area contributed by atoms with Crippen molar-refractivity contribution in [1.82, 2.24) is 9.80 Å². The Morgan fingerprint density at radius 1 is 0.800 bits per heavy atom. The van der Waals surface area contributed by atoms with Gasteiger partial charge in [-0.05, 0) is 44.0 Å². The molecule has 2 aromatic rings. The molecule has 1 saturated heterocycles. The molecular formula is C21H24N2O2. The van der Waals surface area contributed by atoms with Crippen molar-refractivity contribution in [3.05, 3.63) is 70.8 Å². The Balaban J connectivity index is 1.69. The van der Waals surface area contributed by atoms with E-state index in [9.17, 15) is 9.59 Å². The fourth-order valence-corrected chi connectivity index (χ4v) is 3.31. The van der Waals surface area contributed by atoms with E-state index in [1.54, 1.807) is 0 Å². The number of nitrogens with zero attached hydrogens (tertiary/aromatic N) is 2. The first-order valence-corrected chi connectivity index (χ1v) is 8.77. The van der Waals surface area contributed by atoms with Crippen LogP contribution >= 0.6 is 0 Å². The maximum atomic E-state index is 12.9. The summed E-state index contributed by atoms with van der Waals surface area (Å²) in [6.07, 6.45) is 0.801. The molecule has 0 N–H and O–H groups in total. The quantitative estimate of drug-likeness (QED) is 0.844. The van der Waals surface area contributed by atoms with Gasteiger partial charge >= 0.3 is 0 Å². The molecule has 1 aliphatic rings. The zero-order chi connectivity index (χ0) is 17.8. The summed E-state index contributed by atoms with van der Waals surface area (Å²) >= 11 is 0. The second-order valence-corrected chi connectivity index (χ2v) is 6.62. The second kappa shape index (κ2) is 7.51. The summed E-state index contributed by atoms with van der Waals surface area (Å²) in [4.78, 5) is 29.2. The van der Waals surface area contributed by atoms with E-state index >= 15 is 0 Å². The van der Waals surface area contributed by atoms with Crippen molar-refractivity contribution in [2.75, 3.05) is 26.2 Å². The van der Waals surface area contributed by atoms with Crippen LogP contribution in [0.15, 0.2) is 48.5 Å². The predicted molar refractivity (Wildman–Crippen MR) is 98.8 cm³/mol. The summed E-state index contributed by atoms with van der Waals surface area (Å²) < 4.78 is 0. The minimum absolute atomic E-state index is 0.0430. The Kier molecular flexibility index (Phi) is 5.17. The zero-order valence-corrected chi connectivity index (χ0v) is 14.9. The minimum Gasteiger partial charge on any atom is -0.337 e. The average Bonchev–Trinajstić information content (AvgIpc) is 2.87. The van der Waals surface area contributed by atoms with E-state index < -0.39 is 0 Å². The van der Waals surface area contributed by atoms with Crippen LogP contribution in [-0.4, -0.2) is 47.8 Å². The van der Waals surface area contributed by atoms with Crippen molar-refractivity contribution in [3.8, 4) is 0 Å². The van der Waals surface area contributed by atoms with Gasteiger partial charge in [0.15, 0.2) is 0 Å². The van der Waals surface area contributed by atoms with Gasteiger partial charge in [-0.25, -0.2) is 0 Å². The summed E-state index contributed by atoms with van der Waals surface area (Å²) in [6, 6.07) is 15.3. The highest BCUT2D eigenvalue weighted by molar-refractivity contribution is 5.96. The van der Waals surface area contributed by atoms with Gasteiger partial charge in [0.1, 0.15) is 0 Å². The normalized spacial score (nSPS) is 15.0. The first-order valence-electron chi connectivity index (χ1n) is 8.77. The van der Waals surface area contributed by atoms with Gasteiger partial charge in [-0.15, -0.1) is 0 Å². The second-order valence-electron chi connectivity index (χ2n) is 6.62. The number of benzene rings is 2. The summed E-state index contributed by atoms with van der Waals surface area (Å²) in [5.74, 6) is 0.105. The lowest BCUT2D eigenvalue weighted by atomic mass is 10.0. The maximum absolute atomic E-state index is 12.9. The van der Waals surface area contributed by atoms with Gasteiger partial charge in [0.05, 0.1) is 0 Å². The lowest BCUT2D eigenvalue weighted by molar-refractivity contribution is 0.0718. The molecule has 2 aromatic carbocycles. The number of carbonyl (C=O) groups is 2. The molecular weight excluding hydrogens is 312 g/mol. The van der Waals surface area contributed by atoms with Crippen LogP contribution in [0.1, 0.15) is 38.3 Å². The molecule has 1 fully saturated rings. The van der Waals surface area contributed by atoms with Crippen LogP contribution in [0.5, 0.6) is 0 Å². The Bertz CT molecular complexity index is 771. The first kappa shape index (κ1) is 17.2. The number of rotatable bonds is 2. The highest BCUT2D eigenvalue weighted by Crippen LogP contribution is 2.16. The molecule has 130 valence electrons. The molecule has 0 aliphatic carbocycles. The molecule has 0 unspecified atom stereocenters. The third-order valence-electron chi connectivity index (χ3n) is 4.70. The van der Waals surface area contributed by atoms with E-state index in [0.29, 0.717) is 31.7 Å². The number of carbonyl (C=O) groups excluding carboxylic acids is 2. The largest absolute Gasteiger partial charge is 0.337 e. The third-order valence-corrected chi connectivity index (χ3v) is 4.70. The van der Waals surface area contributed by atoms with Crippen LogP contribution in [0.4, 0.5) is 0 Å². The summed E-state index contributed by atoms with van der Waals surface area (Å²) in [7, 11) is 0. The third kappa shape index (κ3) is 3.90. The Hall–Kier alpha value is -2.62. The number of hydrogen-bond donors (Lipinski definition) is 0. The van der Waals surface area contributed by atoms with Gasteiger partial charge in [0.25, 0.3) is 11.8 Å². The highest BCUT2D eigenvalue weighted by atomic mass is 16.2. The summed E-state index contributed by atoms with van der Waals surface area (Å²) in [5, 5.41) is 0. The van der Waals surface area contributed by atoms with Gasteiger partial charge in [-0.3, -0.25) is 9.59 Å². The van der Waals surface area contributed by atoms with Crippen LogP contribution in [-0.2, 0) is 0 Å². The number of hydrogen-bond acceptors (Lipinski definition) is 2. The smallest absolute Gasteiger partial charge is 0.254 e. The van der Waals surface area contributed by atoms with Crippen molar-refractivity contribution >= 4 is 11.8 Å². The lowest BCUT2D eigenvalue weighted by Gasteiger charge is -2.23. The van der Waals surface area contributed by atoms with Gasteiger partial charge < -0.3 is 9.80 Å². The van der Waals surface area contributed by atoms with E-state index in [2.05, 4.69) is 0 Å². The van der Waals surface area contributed by atoms with Crippen molar-refractivity contribution < 1.29 is 9.59 Å². The highest BCUT2D eigenvalue weighted by Gasteiger charge is 2.24. The van der Waals surface area contributed by atoms with Crippen LogP contribution in [0.2, 0.25) is 0 Å². The molecule has 0 aromatic heterocycles. The summed E-state index contributed by atoms with van der Waals surface area (Å²) in [5.41, 5.74) is 3.63. The SMILES string of the molecule is Cc1ccc(C(=O)N2CCCN(C(=O)c3ccccc3)CC2)c(C)c1. The van der Waals surface area contributed by atoms with E-state index in [1.807, 2.05) is 72.2 Å². The molecule has 0 spiro atoms. The van der Waals surface area contributed by atoms with E-state index in [4.69, 9.17) is 0 Å². The monoisotopic (exact) mass is 336 g/mol. The Labute approximate surface area is 149 Å². The van der Waals surface area contributed by atoms with E-state index in [-0.39, 0.29) is 11.8 Å². The van der Waals surface area contributed by atoms with Gasteiger partial charge in [0, 0.05) is 37.3 Å². The van der Waals surface area contributed by atoms with E-state index in [0.717, 1.165) is 23.1 Å². The molecule has 4 nitrogen and oxygen atoms in total. The molecule has 1 heterocycles. The predicted octanol–water partition coefficient (Wildman–Crippen LogP) is 3.29. The topological polar surface area (TPSA) is 40.6 Å². The van der Waals surface area contributed by atoms with Crippen molar-refractivity contribution in [3.63, 3.8) is 0 Å². The molecule has 2 amide bonds. The number of amides is 2. The van der Waals surface area contributed by atoms with Crippen LogP contribution in [0.25, 0.3) is 0 Å². The maximum Gasteiger partial charge on any atom is 0.254 e.